The van der Waals surface area contributed by atoms with Crippen molar-refractivity contribution in [2.45, 2.75) is 39.8 Å². The van der Waals surface area contributed by atoms with Gasteiger partial charge in [0, 0.05) is 25.2 Å². The summed E-state index contributed by atoms with van der Waals surface area (Å²) in [6.07, 6.45) is 1.75. The lowest BCUT2D eigenvalue weighted by Crippen LogP contribution is -2.55. The highest BCUT2D eigenvalue weighted by atomic mass is 16.5. The molecular weight excluding hydrogens is 316 g/mol. The van der Waals surface area contributed by atoms with Gasteiger partial charge >= 0.3 is 0 Å². The van der Waals surface area contributed by atoms with Gasteiger partial charge < -0.3 is 14.6 Å². The molecule has 25 heavy (non-hydrogen) atoms. The lowest BCUT2D eigenvalue weighted by Gasteiger charge is -2.40. The Hall–Kier alpha value is -1.92. The molecule has 2 aromatic rings. The molecule has 1 aliphatic heterocycles. The Labute approximate surface area is 149 Å². The Morgan fingerprint density at radius 2 is 1.92 bits per heavy atom. The molecule has 0 atom stereocenters. The number of rotatable bonds is 5. The number of fused-ring (bicyclic) bond motifs is 1. The summed E-state index contributed by atoms with van der Waals surface area (Å²) in [5.74, 6) is 0.0128. The fraction of sp³-hybridized carbons (Fsp3) is 0.579. The number of benzene rings is 1. The number of nitrogens with one attached hydrogen (secondary N) is 1. The average Bonchev–Trinajstić information content (AvgIpc) is 2.96. The van der Waals surface area contributed by atoms with Crippen LogP contribution in [0.1, 0.15) is 25.0 Å². The number of carbonyl (C=O) groups excluding carboxylic acids is 1. The van der Waals surface area contributed by atoms with E-state index in [2.05, 4.69) is 55.0 Å². The number of hydrogen-bond acceptors (Lipinski definition) is 4. The molecule has 0 unspecified atom stereocenters. The lowest BCUT2D eigenvalue weighted by atomic mass is 10.0. The summed E-state index contributed by atoms with van der Waals surface area (Å²) < 4.78 is 7.33. The molecule has 1 saturated heterocycles. The van der Waals surface area contributed by atoms with E-state index in [0.29, 0.717) is 6.54 Å². The molecule has 0 saturated carbocycles. The van der Waals surface area contributed by atoms with Gasteiger partial charge in [-0.25, -0.2) is 4.98 Å². The van der Waals surface area contributed by atoms with Gasteiger partial charge in [-0.1, -0.05) is 0 Å². The van der Waals surface area contributed by atoms with Crippen LogP contribution in [0.5, 0.6) is 0 Å². The molecule has 1 aliphatic rings. The van der Waals surface area contributed by atoms with Crippen molar-refractivity contribution in [3.05, 3.63) is 29.6 Å². The molecule has 1 amide bonds. The Bertz CT molecular complexity index is 760. The van der Waals surface area contributed by atoms with Crippen LogP contribution in [0.2, 0.25) is 0 Å². The van der Waals surface area contributed by atoms with E-state index in [9.17, 15) is 4.79 Å². The summed E-state index contributed by atoms with van der Waals surface area (Å²) in [6.45, 7) is 12.7. The highest BCUT2D eigenvalue weighted by molar-refractivity contribution is 5.81. The first-order chi connectivity index (χ1) is 11.9. The van der Waals surface area contributed by atoms with Crippen molar-refractivity contribution in [3.8, 4) is 0 Å². The lowest BCUT2D eigenvalue weighted by molar-refractivity contribution is -0.122. The SMILES string of the molecule is Cc1cc2ncn(CC(=O)NCC(C)(C)N3CCOCC3)c2cc1C. The number of morpholine rings is 1. The molecule has 0 bridgehead atoms. The van der Waals surface area contributed by atoms with Crippen LogP contribution in [0.25, 0.3) is 11.0 Å². The van der Waals surface area contributed by atoms with Gasteiger partial charge in [0.15, 0.2) is 0 Å². The summed E-state index contributed by atoms with van der Waals surface area (Å²) in [5, 5.41) is 3.08. The van der Waals surface area contributed by atoms with Crippen molar-refractivity contribution in [1.29, 1.82) is 0 Å². The Kier molecular flexibility index (Phi) is 5.11. The Morgan fingerprint density at radius 3 is 2.64 bits per heavy atom. The molecule has 1 fully saturated rings. The Balaban J connectivity index is 1.62. The highest BCUT2D eigenvalue weighted by Crippen LogP contribution is 2.18. The zero-order chi connectivity index (χ0) is 18.0. The minimum atomic E-state index is -0.0792. The van der Waals surface area contributed by atoms with Gasteiger partial charge in [-0.05, 0) is 51.0 Å². The molecule has 2 heterocycles. The number of hydrogen-bond donors (Lipinski definition) is 1. The van der Waals surface area contributed by atoms with Gasteiger partial charge in [-0.2, -0.15) is 0 Å². The number of amides is 1. The van der Waals surface area contributed by atoms with E-state index in [1.807, 2.05) is 4.57 Å². The van der Waals surface area contributed by atoms with E-state index in [1.165, 1.54) is 11.1 Å². The van der Waals surface area contributed by atoms with Crippen molar-refractivity contribution >= 4 is 16.9 Å². The number of nitrogens with zero attached hydrogens (tertiary/aromatic N) is 3. The highest BCUT2D eigenvalue weighted by Gasteiger charge is 2.28. The number of imidazole rings is 1. The second-order valence-electron chi connectivity index (χ2n) is 7.49. The van der Waals surface area contributed by atoms with Crippen molar-refractivity contribution in [1.82, 2.24) is 19.8 Å². The summed E-state index contributed by atoms with van der Waals surface area (Å²) in [4.78, 5) is 19.2. The predicted molar refractivity (Wildman–Crippen MR) is 98.7 cm³/mol. The van der Waals surface area contributed by atoms with Crippen LogP contribution in [-0.4, -0.2) is 58.7 Å². The topological polar surface area (TPSA) is 59.4 Å². The second kappa shape index (κ2) is 7.14. The molecule has 136 valence electrons. The van der Waals surface area contributed by atoms with Gasteiger partial charge in [0.1, 0.15) is 6.54 Å². The van der Waals surface area contributed by atoms with E-state index < -0.39 is 0 Å². The second-order valence-corrected chi connectivity index (χ2v) is 7.49. The van der Waals surface area contributed by atoms with Gasteiger partial charge in [-0.3, -0.25) is 9.69 Å². The van der Waals surface area contributed by atoms with Crippen LogP contribution in [0.15, 0.2) is 18.5 Å². The van der Waals surface area contributed by atoms with Crippen LogP contribution in [0.4, 0.5) is 0 Å². The molecule has 0 spiro atoms. The third kappa shape index (κ3) is 4.02. The molecule has 0 radical (unpaired) electrons. The quantitative estimate of drug-likeness (QED) is 0.900. The molecule has 1 aromatic carbocycles. The maximum absolute atomic E-state index is 12.4. The standard InChI is InChI=1S/C19H28N4O2/c1-14-9-16-17(10-15(14)2)22(13-21-16)11-18(24)20-12-19(3,4)23-5-7-25-8-6-23/h9-10,13H,5-8,11-12H2,1-4H3,(H,20,24). The van der Waals surface area contributed by atoms with E-state index in [4.69, 9.17) is 4.74 Å². The Morgan fingerprint density at radius 1 is 1.24 bits per heavy atom. The first kappa shape index (κ1) is 17.9. The number of aryl methyl sites for hydroxylation is 2. The van der Waals surface area contributed by atoms with Crippen LogP contribution in [-0.2, 0) is 16.1 Å². The van der Waals surface area contributed by atoms with Crippen LogP contribution in [0, 0.1) is 13.8 Å². The van der Waals surface area contributed by atoms with E-state index in [1.54, 1.807) is 6.33 Å². The summed E-state index contributed by atoms with van der Waals surface area (Å²) in [7, 11) is 0. The van der Waals surface area contributed by atoms with Gasteiger partial charge in [-0.15, -0.1) is 0 Å². The first-order valence-corrected chi connectivity index (χ1v) is 8.88. The maximum Gasteiger partial charge on any atom is 0.240 e. The summed E-state index contributed by atoms with van der Waals surface area (Å²) >= 11 is 0. The fourth-order valence-corrected chi connectivity index (χ4v) is 3.25. The van der Waals surface area contributed by atoms with Crippen molar-refractivity contribution in [3.63, 3.8) is 0 Å². The van der Waals surface area contributed by atoms with E-state index in [0.717, 1.165) is 37.3 Å². The third-order valence-electron chi connectivity index (χ3n) is 5.14. The smallest absolute Gasteiger partial charge is 0.240 e. The first-order valence-electron chi connectivity index (χ1n) is 8.88. The van der Waals surface area contributed by atoms with Gasteiger partial charge in [0.2, 0.25) is 5.91 Å². The molecule has 1 N–H and O–H groups in total. The van der Waals surface area contributed by atoms with Gasteiger partial charge in [0.05, 0.1) is 30.6 Å². The molecule has 3 rings (SSSR count). The molecular formula is C19H28N4O2. The average molecular weight is 344 g/mol. The number of carbonyl (C=O) groups is 1. The summed E-state index contributed by atoms with van der Waals surface area (Å²) in [6, 6.07) is 4.17. The van der Waals surface area contributed by atoms with Gasteiger partial charge in [0.25, 0.3) is 0 Å². The molecule has 6 nitrogen and oxygen atoms in total. The zero-order valence-corrected chi connectivity index (χ0v) is 15.6. The van der Waals surface area contributed by atoms with Crippen molar-refractivity contribution < 1.29 is 9.53 Å². The van der Waals surface area contributed by atoms with Crippen molar-refractivity contribution in [2.24, 2.45) is 0 Å². The molecule has 6 heteroatoms. The zero-order valence-electron chi connectivity index (χ0n) is 15.6. The minimum Gasteiger partial charge on any atom is -0.379 e. The fourth-order valence-electron chi connectivity index (χ4n) is 3.25. The van der Waals surface area contributed by atoms with E-state index in [-0.39, 0.29) is 18.0 Å². The molecule has 1 aromatic heterocycles. The maximum atomic E-state index is 12.4. The molecule has 0 aliphatic carbocycles. The largest absolute Gasteiger partial charge is 0.379 e. The third-order valence-corrected chi connectivity index (χ3v) is 5.14. The minimum absolute atomic E-state index is 0.0128. The summed E-state index contributed by atoms with van der Waals surface area (Å²) in [5.41, 5.74) is 4.29. The predicted octanol–water partition coefficient (Wildman–Crippen LogP) is 1.88. The van der Waals surface area contributed by atoms with Crippen LogP contribution >= 0.6 is 0 Å². The number of aromatic nitrogens is 2. The van der Waals surface area contributed by atoms with E-state index >= 15 is 0 Å². The monoisotopic (exact) mass is 344 g/mol. The van der Waals surface area contributed by atoms with Crippen LogP contribution in [0.3, 0.4) is 0 Å². The van der Waals surface area contributed by atoms with Crippen LogP contribution < -0.4 is 5.32 Å². The normalized spacial score (nSPS) is 16.3. The number of ether oxygens (including phenoxy) is 1. The van der Waals surface area contributed by atoms with Crippen molar-refractivity contribution in [2.75, 3.05) is 32.8 Å².